The van der Waals surface area contributed by atoms with Gasteiger partial charge in [0.05, 0.1) is 12.1 Å². The average Bonchev–Trinajstić information content (AvgIpc) is 2.42. The van der Waals surface area contributed by atoms with Crippen LogP contribution in [-0.4, -0.2) is 48.2 Å². The number of nitrogens with zero attached hydrogens (tertiary/aromatic N) is 1. The van der Waals surface area contributed by atoms with Crippen LogP contribution in [0.5, 0.6) is 0 Å². The Morgan fingerprint density at radius 1 is 1.32 bits per heavy atom. The molecular weight excluding hydrogens is 240 g/mol. The molecule has 0 aromatic rings. The van der Waals surface area contributed by atoms with E-state index < -0.39 is 0 Å². The molecule has 0 aromatic heterocycles. The molecule has 0 saturated heterocycles. The lowest BCUT2D eigenvalue weighted by molar-refractivity contribution is -0.125. The van der Waals surface area contributed by atoms with Crippen LogP contribution in [0.2, 0.25) is 0 Å². The molecule has 4 nitrogen and oxygen atoms in total. The molecule has 1 saturated carbocycles. The van der Waals surface area contributed by atoms with Crippen LogP contribution in [0, 0.1) is 5.92 Å². The number of aliphatic hydroxyl groups excluding tert-OH is 1. The Hall–Kier alpha value is -0.610. The third kappa shape index (κ3) is 6.39. The molecule has 0 aromatic carbocycles. The van der Waals surface area contributed by atoms with E-state index in [0.717, 1.165) is 13.1 Å². The predicted molar refractivity (Wildman–Crippen MR) is 78.0 cm³/mol. The minimum Gasteiger partial charge on any atom is -0.393 e. The zero-order chi connectivity index (χ0) is 14.3. The van der Waals surface area contributed by atoms with Crippen LogP contribution in [0.3, 0.4) is 0 Å². The molecule has 2 atom stereocenters. The second-order valence-electron chi connectivity index (χ2n) is 6.04. The molecule has 1 aliphatic rings. The smallest absolute Gasteiger partial charge is 0.237 e. The van der Waals surface area contributed by atoms with Crippen molar-refractivity contribution in [1.82, 2.24) is 10.2 Å². The molecule has 112 valence electrons. The predicted octanol–water partition coefficient (Wildman–Crippen LogP) is 1.77. The van der Waals surface area contributed by atoms with Gasteiger partial charge in [0.1, 0.15) is 0 Å². The lowest BCUT2D eigenvalue weighted by Gasteiger charge is -2.26. The van der Waals surface area contributed by atoms with Crippen LogP contribution < -0.4 is 5.32 Å². The van der Waals surface area contributed by atoms with Crippen molar-refractivity contribution in [2.45, 2.75) is 64.5 Å². The first-order valence-corrected chi connectivity index (χ1v) is 7.66. The summed E-state index contributed by atoms with van der Waals surface area (Å²) in [5.74, 6) is 0.784. The molecule has 0 heterocycles. The van der Waals surface area contributed by atoms with E-state index in [9.17, 15) is 9.90 Å². The Kier molecular flexibility index (Phi) is 7.39. The van der Waals surface area contributed by atoms with Crippen LogP contribution in [0.15, 0.2) is 0 Å². The SMILES string of the molecule is CC(O)CCN(C)C(C)C(=O)NCC1CCCCC1. The minimum atomic E-state index is -0.306. The van der Waals surface area contributed by atoms with Crippen molar-refractivity contribution in [3.8, 4) is 0 Å². The van der Waals surface area contributed by atoms with Crippen LogP contribution in [0.4, 0.5) is 0 Å². The van der Waals surface area contributed by atoms with Crippen molar-refractivity contribution >= 4 is 5.91 Å². The highest BCUT2D eigenvalue weighted by atomic mass is 16.3. The summed E-state index contributed by atoms with van der Waals surface area (Å²) in [6.07, 6.45) is 6.88. The zero-order valence-electron chi connectivity index (χ0n) is 12.7. The van der Waals surface area contributed by atoms with E-state index in [0.29, 0.717) is 12.3 Å². The third-order valence-electron chi connectivity index (χ3n) is 4.23. The Labute approximate surface area is 117 Å². The maximum Gasteiger partial charge on any atom is 0.237 e. The van der Waals surface area contributed by atoms with Crippen molar-refractivity contribution in [2.24, 2.45) is 5.92 Å². The fourth-order valence-corrected chi connectivity index (χ4v) is 2.57. The maximum absolute atomic E-state index is 12.1. The van der Waals surface area contributed by atoms with Crippen LogP contribution in [-0.2, 0) is 4.79 Å². The van der Waals surface area contributed by atoms with Gasteiger partial charge in [-0.05, 0) is 46.1 Å². The van der Waals surface area contributed by atoms with E-state index in [1.807, 2.05) is 18.9 Å². The first-order chi connectivity index (χ1) is 9.00. The fraction of sp³-hybridized carbons (Fsp3) is 0.933. The number of hydrogen-bond donors (Lipinski definition) is 2. The summed E-state index contributed by atoms with van der Waals surface area (Å²) in [6, 6.07) is -0.123. The molecule has 2 unspecified atom stereocenters. The van der Waals surface area contributed by atoms with Crippen molar-refractivity contribution in [3.63, 3.8) is 0 Å². The van der Waals surface area contributed by atoms with E-state index in [4.69, 9.17) is 0 Å². The van der Waals surface area contributed by atoms with Crippen LogP contribution >= 0.6 is 0 Å². The van der Waals surface area contributed by atoms with Crippen molar-refractivity contribution in [3.05, 3.63) is 0 Å². The Morgan fingerprint density at radius 2 is 1.95 bits per heavy atom. The fourth-order valence-electron chi connectivity index (χ4n) is 2.57. The van der Waals surface area contributed by atoms with Gasteiger partial charge in [0.2, 0.25) is 5.91 Å². The van der Waals surface area contributed by atoms with Gasteiger partial charge in [0.25, 0.3) is 0 Å². The number of nitrogens with one attached hydrogen (secondary N) is 1. The Balaban J connectivity index is 2.23. The molecule has 0 aliphatic heterocycles. The average molecular weight is 270 g/mol. The minimum absolute atomic E-state index is 0.110. The van der Waals surface area contributed by atoms with Gasteiger partial charge >= 0.3 is 0 Å². The molecule has 4 heteroatoms. The van der Waals surface area contributed by atoms with Gasteiger partial charge in [0.15, 0.2) is 0 Å². The van der Waals surface area contributed by atoms with Crippen LogP contribution in [0.1, 0.15) is 52.4 Å². The largest absolute Gasteiger partial charge is 0.393 e. The standard InChI is InChI=1S/C15H30N2O2/c1-12(18)9-10-17(3)13(2)15(19)16-11-14-7-5-4-6-8-14/h12-14,18H,4-11H2,1-3H3,(H,16,19). The van der Waals surface area contributed by atoms with E-state index in [2.05, 4.69) is 5.32 Å². The van der Waals surface area contributed by atoms with Gasteiger partial charge in [0, 0.05) is 13.1 Å². The number of carbonyl (C=O) groups excluding carboxylic acids is 1. The summed E-state index contributed by atoms with van der Waals surface area (Å²) in [4.78, 5) is 14.1. The van der Waals surface area contributed by atoms with E-state index >= 15 is 0 Å². The van der Waals surface area contributed by atoms with Gasteiger partial charge in [-0.25, -0.2) is 0 Å². The highest BCUT2D eigenvalue weighted by molar-refractivity contribution is 5.81. The van der Waals surface area contributed by atoms with Gasteiger partial charge in [-0.3, -0.25) is 9.69 Å². The van der Waals surface area contributed by atoms with Crippen LogP contribution in [0.25, 0.3) is 0 Å². The summed E-state index contributed by atoms with van der Waals surface area (Å²) in [7, 11) is 1.94. The van der Waals surface area contributed by atoms with Crippen molar-refractivity contribution in [2.75, 3.05) is 20.1 Å². The molecule has 0 bridgehead atoms. The topological polar surface area (TPSA) is 52.6 Å². The van der Waals surface area contributed by atoms with E-state index in [1.54, 1.807) is 6.92 Å². The molecule has 19 heavy (non-hydrogen) atoms. The summed E-state index contributed by atoms with van der Waals surface area (Å²) in [6.45, 7) is 5.28. The number of likely N-dealkylation sites (N-methyl/N-ethyl adjacent to an activating group) is 1. The van der Waals surface area contributed by atoms with E-state index in [-0.39, 0.29) is 18.1 Å². The van der Waals surface area contributed by atoms with Gasteiger partial charge in [-0.1, -0.05) is 19.3 Å². The van der Waals surface area contributed by atoms with Crippen molar-refractivity contribution in [1.29, 1.82) is 0 Å². The van der Waals surface area contributed by atoms with E-state index in [1.165, 1.54) is 32.1 Å². The second kappa shape index (κ2) is 8.54. The van der Waals surface area contributed by atoms with Gasteiger partial charge in [-0.2, -0.15) is 0 Å². The van der Waals surface area contributed by atoms with Gasteiger partial charge < -0.3 is 10.4 Å². The molecule has 1 fully saturated rings. The summed E-state index contributed by atoms with van der Waals surface area (Å²) < 4.78 is 0. The molecule has 1 aliphatic carbocycles. The molecule has 0 spiro atoms. The number of hydrogen-bond acceptors (Lipinski definition) is 3. The Morgan fingerprint density at radius 3 is 2.53 bits per heavy atom. The molecule has 2 N–H and O–H groups in total. The molecule has 1 amide bonds. The number of amides is 1. The summed E-state index contributed by atoms with van der Waals surface area (Å²) in [5, 5.41) is 12.3. The highest BCUT2D eigenvalue weighted by Crippen LogP contribution is 2.22. The monoisotopic (exact) mass is 270 g/mol. The first-order valence-electron chi connectivity index (χ1n) is 7.66. The zero-order valence-corrected chi connectivity index (χ0v) is 12.7. The second-order valence-corrected chi connectivity index (χ2v) is 6.04. The molecule has 1 rings (SSSR count). The lowest BCUT2D eigenvalue weighted by Crippen LogP contribution is -2.45. The number of aliphatic hydroxyl groups is 1. The number of rotatable bonds is 7. The van der Waals surface area contributed by atoms with Gasteiger partial charge in [-0.15, -0.1) is 0 Å². The first kappa shape index (κ1) is 16.4. The molecule has 0 radical (unpaired) electrons. The lowest BCUT2D eigenvalue weighted by atomic mass is 9.89. The quantitative estimate of drug-likeness (QED) is 0.741. The maximum atomic E-state index is 12.1. The number of carbonyl (C=O) groups is 1. The Bertz CT molecular complexity index is 263. The normalized spacial score (nSPS) is 20.3. The summed E-state index contributed by atoms with van der Waals surface area (Å²) >= 11 is 0. The summed E-state index contributed by atoms with van der Waals surface area (Å²) in [5.41, 5.74) is 0. The molecular formula is C15H30N2O2. The third-order valence-corrected chi connectivity index (χ3v) is 4.23. The van der Waals surface area contributed by atoms with Crippen molar-refractivity contribution < 1.29 is 9.90 Å². The highest BCUT2D eigenvalue weighted by Gasteiger charge is 2.20.